The molecule has 0 radical (unpaired) electrons. The molecule has 27 heavy (non-hydrogen) atoms. The predicted molar refractivity (Wildman–Crippen MR) is 107 cm³/mol. The molecule has 1 saturated heterocycles. The van der Waals surface area contributed by atoms with E-state index in [4.69, 9.17) is 4.74 Å². The summed E-state index contributed by atoms with van der Waals surface area (Å²) >= 11 is 0. The highest BCUT2D eigenvalue weighted by Gasteiger charge is 2.24. The number of rotatable bonds is 6. The summed E-state index contributed by atoms with van der Waals surface area (Å²) < 4.78 is 20.3. The standard InChI is InChI=1S/C22H27FN2O2/c1-16-14-25(15-17(2)27-16)21-12-11-19(13-20(21)23)24-22(26)10-6-9-18-7-4-3-5-8-18/h3-5,7-8,11-13,16-17H,6,9-10,14-15H2,1-2H3,(H,24,26). The van der Waals surface area contributed by atoms with Gasteiger partial charge in [0.25, 0.3) is 0 Å². The molecular weight excluding hydrogens is 343 g/mol. The Hall–Kier alpha value is -2.40. The molecule has 2 atom stereocenters. The smallest absolute Gasteiger partial charge is 0.224 e. The average Bonchev–Trinajstić information content (AvgIpc) is 2.62. The van der Waals surface area contributed by atoms with E-state index in [-0.39, 0.29) is 23.9 Å². The molecule has 1 amide bonds. The van der Waals surface area contributed by atoms with E-state index in [9.17, 15) is 9.18 Å². The van der Waals surface area contributed by atoms with Crippen LogP contribution in [0.3, 0.4) is 0 Å². The van der Waals surface area contributed by atoms with Gasteiger partial charge in [-0.1, -0.05) is 30.3 Å². The quantitative estimate of drug-likeness (QED) is 0.819. The average molecular weight is 370 g/mol. The van der Waals surface area contributed by atoms with Gasteiger partial charge in [-0.15, -0.1) is 0 Å². The Kier molecular flexibility index (Phi) is 6.45. The van der Waals surface area contributed by atoms with Crippen LogP contribution in [0.1, 0.15) is 32.3 Å². The molecule has 144 valence electrons. The summed E-state index contributed by atoms with van der Waals surface area (Å²) in [6.45, 7) is 5.30. The molecule has 0 saturated carbocycles. The zero-order valence-electron chi connectivity index (χ0n) is 16.0. The Morgan fingerprint density at radius 2 is 1.85 bits per heavy atom. The summed E-state index contributed by atoms with van der Waals surface area (Å²) in [6.07, 6.45) is 2.17. The van der Waals surface area contributed by atoms with Crippen LogP contribution in [0, 0.1) is 5.82 Å². The monoisotopic (exact) mass is 370 g/mol. The summed E-state index contributed by atoms with van der Waals surface area (Å²) in [7, 11) is 0. The molecule has 1 N–H and O–H groups in total. The number of anilines is 2. The van der Waals surface area contributed by atoms with Crippen LogP contribution in [-0.2, 0) is 16.0 Å². The molecule has 0 spiro atoms. The van der Waals surface area contributed by atoms with Gasteiger partial charge in [0, 0.05) is 25.2 Å². The molecule has 4 nitrogen and oxygen atoms in total. The van der Waals surface area contributed by atoms with Crippen LogP contribution in [0.4, 0.5) is 15.8 Å². The lowest BCUT2D eigenvalue weighted by molar-refractivity contribution is -0.116. The van der Waals surface area contributed by atoms with E-state index in [1.165, 1.54) is 11.6 Å². The summed E-state index contributed by atoms with van der Waals surface area (Å²) in [5, 5.41) is 2.79. The van der Waals surface area contributed by atoms with Gasteiger partial charge < -0.3 is 15.0 Å². The maximum atomic E-state index is 14.6. The number of hydrogen-bond donors (Lipinski definition) is 1. The topological polar surface area (TPSA) is 41.6 Å². The van der Waals surface area contributed by atoms with Gasteiger partial charge in [0.2, 0.25) is 5.91 Å². The Morgan fingerprint density at radius 1 is 1.15 bits per heavy atom. The SMILES string of the molecule is CC1CN(c2ccc(NC(=O)CCCc3ccccc3)cc2F)CC(C)O1. The van der Waals surface area contributed by atoms with Crippen molar-refractivity contribution in [2.45, 2.75) is 45.3 Å². The van der Waals surface area contributed by atoms with E-state index in [2.05, 4.69) is 17.4 Å². The first kappa shape index (κ1) is 19.4. The van der Waals surface area contributed by atoms with Crippen molar-refractivity contribution in [1.82, 2.24) is 0 Å². The van der Waals surface area contributed by atoms with Crippen molar-refractivity contribution in [2.75, 3.05) is 23.3 Å². The minimum Gasteiger partial charge on any atom is -0.372 e. The number of nitrogens with one attached hydrogen (secondary N) is 1. The van der Waals surface area contributed by atoms with E-state index in [1.807, 2.05) is 36.9 Å². The zero-order valence-corrected chi connectivity index (χ0v) is 16.0. The molecule has 1 heterocycles. The van der Waals surface area contributed by atoms with Gasteiger partial charge in [-0.25, -0.2) is 4.39 Å². The molecule has 3 rings (SSSR count). The maximum absolute atomic E-state index is 14.6. The van der Waals surface area contributed by atoms with Gasteiger partial charge in [0.05, 0.1) is 17.9 Å². The van der Waals surface area contributed by atoms with Gasteiger partial charge in [-0.3, -0.25) is 4.79 Å². The van der Waals surface area contributed by atoms with Crippen molar-refractivity contribution < 1.29 is 13.9 Å². The van der Waals surface area contributed by atoms with E-state index in [0.717, 1.165) is 12.8 Å². The van der Waals surface area contributed by atoms with Crippen LogP contribution < -0.4 is 10.2 Å². The number of halogens is 1. The predicted octanol–water partition coefficient (Wildman–Crippen LogP) is 4.40. The fraction of sp³-hybridized carbons (Fsp3) is 0.409. The van der Waals surface area contributed by atoms with Crippen LogP contribution >= 0.6 is 0 Å². The maximum Gasteiger partial charge on any atom is 0.224 e. The first-order valence-corrected chi connectivity index (χ1v) is 9.55. The zero-order chi connectivity index (χ0) is 19.2. The number of carbonyl (C=O) groups excluding carboxylic acids is 1. The third-order valence-corrected chi connectivity index (χ3v) is 4.70. The minimum absolute atomic E-state index is 0.0668. The summed E-state index contributed by atoms with van der Waals surface area (Å²) in [6, 6.07) is 15.0. The molecule has 1 aliphatic heterocycles. The van der Waals surface area contributed by atoms with Crippen molar-refractivity contribution in [3.63, 3.8) is 0 Å². The van der Waals surface area contributed by atoms with Crippen LogP contribution in [0.15, 0.2) is 48.5 Å². The fourth-order valence-corrected chi connectivity index (χ4v) is 3.54. The Labute approximate surface area is 160 Å². The van der Waals surface area contributed by atoms with E-state index in [1.54, 1.807) is 12.1 Å². The summed E-state index contributed by atoms with van der Waals surface area (Å²) in [4.78, 5) is 14.1. The first-order chi connectivity index (χ1) is 13.0. The molecule has 0 aliphatic carbocycles. The van der Waals surface area contributed by atoms with Crippen molar-refractivity contribution in [3.8, 4) is 0 Å². The summed E-state index contributed by atoms with van der Waals surface area (Å²) in [5.41, 5.74) is 2.27. The molecular formula is C22H27FN2O2. The van der Waals surface area contributed by atoms with Crippen molar-refractivity contribution in [3.05, 3.63) is 59.9 Å². The van der Waals surface area contributed by atoms with E-state index in [0.29, 0.717) is 30.9 Å². The summed E-state index contributed by atoms with van der Waals surface area (Å²) in [5.74, 6) is -0.412. The minimum atomic E-state index is -0.321. The number of aryl methyl sites for hydroxylation is 1. The lowest BCUT2D eigenvalue weighted by Crippen LogP contribution is -2.45. The van der Waals surface area contributed by atoms with E-state index < -0.39 is 0 Å². The van der Waals surface area contributed by atoms with Crippen LogP contribution in [0.25, 0.3) is 0 Å². The lowest BCUT2D eigenvalue weighted by Gasteiger charge is -2.37. The number of morpholine rings is 1. The Morgan fingerprint density at radius 3 is 2.52 bits per heavy atom. The van der Waals surface area contributed by atoms with Gasteiger partial charge in [-0.05, 0) is 50.5 Å². The van der Waals surface area contributed by atoms with Gasteiger partial charge in [0.15, 0.2) is 0 Å². The number of nitrogens with zero attached hydrogens (tertiary/aromatic N) is 1. The molecule has 2 aromatic carbocycles. The molecule has 1 fully saturated rings. The number of hydrogen-bond acceptors (Lipinski definition) is 3. The molecule has 5 heteroatoms. The van der Waals surface area contributed by atoms with Crippen molar-refractivity contribution in [2.24, 2.45) is 0 Å². The van der Waals surface area contributed by atoms with Crippen LogP contribution in [-0.4, -0.2) is 31.2 Å². The lowest BCUT2D eigenvalue weighted by atomic mass is 10.1. The van der Waals surface area contributed by atoms with Crippen molar-refractivity contribution >= 4 is 17.3 Å². The molecule has 1 aliphatic rings. The fourth-order valence-electron chi connectivity index (χ4n) is 3.54. The van der Waals surface area contributed by atoms with Crippen LogP contribution in [0.5, 0.6) is 0 Å². The van der Waals surface area contributed by atoms with Crippen molar-refractivity contribution in [1.29, 1.82) is 0 Å². The number of benzene rings is 2. The molecule has 0 bridgehead atoms. The van der Waals surface area contributed by atoms with E-state index >= 15 is 0 Å². The normalized spacial score (nSPS) is 19.7. The molecule has 0 aromatic heterocycles. The van der Waals surface area contributed by atoms with Gasteiger partial charge in [0.1, 0.15) is 5.82 Å². The highest BCUT2D eigenvalue weighted by atomic mass is 19.1. The first-order valence-electron chi connectivity index (χ1n) is 9.55. The highest BCUT2D eigenvalue weighted by molar-refractivity contribution is 5.90. The largest absolute Gasteiger partial charge is 0.372 e. The third-order valence-electron chi connectivity index (χ3n) is 4.70. The second kappa shape index (κ2) is 9.00. The second-order valence-electron chi connectivity index (χ2n) is 7.22. The van der Waals surface area contributed by atoms with Gasteiger partial charge >= 0.3 is 0 Å². The molecule has 2 aromatic rings. The number of amides is 1. The Bertz CT molecular complexity index is 756. The molecule has 2 unspecified atom stereocenters. The highest BCUT2D eigenvalue weighted by Crippen LogP contribution is 2.26. The number of carbonyl (C=O) groups is 1. The van der Waals surface area contributed by atoms with Gasteiger partial charge in [-0.2, -0.15) is 0 Å². The second-order valence-corrected chi connectivity index (χ2v) is 7.22. The Balaban J connectivity index is 1.53. The third kappa shape index (κ3) is 5.54. The number of ether oxygens (including phenoxy) is 1. The van der Waals surface area contributed by atoms with Crippen LogP contribution in [0.2, 0.25) is 0 Å².